The largest absolute Gasteiger partial charge is 0.476 e. The number of carbonyl (C=O) groups excluding carboxylic acids is 2. The van der Waals surface area contributed by atoms with Crippen molar-refractivity contribution in [1.82, 2.24) is 15.0 Å². The molecule has 2 aliphatic heterocycles. The van der Waals surface area contributed by atoms with E-state index in [2.05, 4.69) is 15.6 Å². The minimum Gasteiger partial charge on any atom is -0.476 e. The zero-order valence-corrected chi connectivity index (χ0v) is 18.3. The Bertz CT molecular complexity index is 1300. The van der Waals surface area contributed by atoms with E-state index in [1.165, 1.54) is 17.0 Å². The van der Waals surface area contributed by atoms with Gasteiger partial charge in [0.15, 0.2) is 17.7 Å². The first-order valence-corrected chi connectivity index (χ1v) is 10.5. The summed E-state index contributed by atoms with van der Waals surface area (Å²) in [6.07, 6.45) is -0.362. The third-order valence-electron chi connectivity index (χ3n) is 6.07. The number of hydrogen-bond donors (Lipinski definition) is 1. The molecule has 0 saturated carbocycles. The van der Waals surface area contributed by atoms with Crippen LogP contribution in [0.15, 0.2) is 24.3 Å². The van der Waals surface area contributed by atoms with Crippen molar-refractivity contribution >= 4 is 23.2 Å². The fourth-order valence-electron chi connectivity index (χ4n) is 4.26. The van der Waals surface area contributed by atoms with Crippen molar-refractivity contribution in [3.05, 3.63) is 52.9 Å². The van der Waals surface area contributed by atoms with Gasteiger partial charge >= 0.3 is 0 Å². The number of fused-ring (bicyclic) bond motifs is 2. The van der Waals surface area contributed by atoms with Crippen LogP contribution in [0.5, 0.6) is 5.75 Å². The van der Waals surface area contributed by atoms with Gasteiger partial charge in [-0.2, -0.15) is 0 Å². The Hall–Kier alpha value is -3.82. The van der Waals surface area contributed by atoms with E-state index in [0.717, 1.165) is 0 Å². The van der Waals surface area contributed by atoms with Crippen molar-refractivity contribution in [2.24, 2.45) is 7.05 Å². The van der Waals surface area contributed by atoms with Crippen LogP contribution in [0, 0.1) is 18.6 Å². The van der Waals surface area contributed by atoms with E-state index in [-0.39, 0.29) is 36.2 Å². The number of benzene rings is 2. The van der Waals surface area contributed by atoms with Gasteiger partial charge < -0.3 is 10.1 Å². The van der Waals surface area contributed by atoms with Crippen molar-refractivity contribution in [3.63, 3.8) is 0 Å². The van der Waals surface area contributed by atoms with Gasteiger partial charge in [-0.15, -0.1) is 5.10 Å². The summed E-state index contributed by atoms with van der Waals surface area (Å²) in [6.45, 7) is 3.45. The van der Waals surface area contributed by atoms with Crippen molar-refractivity contribution in [2.45, 2.75) is 39.3 Å². The molecular weight excluding hydrogens is 432 g/mol. The van der Waals surface area contributed by atoms with Gasteiger partial charge in [-0.1, -0.05) is 5.21 Å². The molecule has 1 N–H and O–H groups in total. The quantitative estimate of drug-likeness (QED) is 0.658. The smallest absolute Gasteiger partial charge is 0.268 e. The average Bonchev–Trinajstić information content (AvgIpc) is 3.08. The number of carbonyl (C=O) groups is 2. The summed E-state index contributed by atoms with van der Waals surface area (Å²) >= 11 is 0. The van der Waals surface area contributed by atoms with Crippen molar-refractivity contribution < 1.29 is 23.1 Å². The highest BCUT2D eigenvalue weighted by Gasteiger charge is 2.35. The molecule has 8 nitrogen and oxygen atoms in total. The highest BCUT2D eigenvalue weighted by Crippen LogP contribution is 2.42. The summed E-state index contributed by atoms with van der Waals surface area (Å²) < 4.78 is 37.1. The molecule has 0 saturated heterocycles. The Morgan fingerprint density at radius 3 is 2.58 bits per heavy atom. The monoisotopic (exact) mass is 453 g/mol. The maximum absolute atomic E-state index is 15.2. The Morgan fingerprint density at radius 2 is 1.85 bits per heavy atom. The van der Waals surface area contributed by atoms with Crippen LogP contribution in [0.2, 0.25) is 0 Å². The van der Waals surface area contributed by atoms with E-state index in [1.807, 2.05) is 0 Å². The molecule has 1 aromatic heterocycles. The van der Waals surface area contributed by atoms with Gasteiger partial charge in [0, 0.05) is 24.7 Å². The normalized spacial score (nSPS) is 17.4. The van der Waals surface area contributed by atoms with Crippen LogP contribution >= 0.6 is 0 Å². The van der Waals surface area contributed by atoms with Gasteiger partial charge in [-0.05, 0) is 55.7 Å². The molecule has 3 heterocycles. The number of nitrogens with zero attached hydrogens (tertiary/aromatic N) is 4. The summed E-state index contributed by atoms with van der Waals surface area (Å²) in [5.74, 6) is -1.74. The second-order valence-electron chi connectivity index (χ2n) is 8.27. The summed E-state index contributed by atoms with van der Waals surface area (Å²) in [4.78, 5) is 26.2. The van der Waals surface area contributed by atoms with Crippen LogP contribution in [0.25, 0.3) is 11.1 Å². The highest BCUT2D eigenvalue weighted by molar-refractivity contribution is 6.01. The van der Waals surface area contributed by atoms with Crippen LogP contribution in [-0.4, -0.2) is 32.9 Å². The second-order valence-corrected chi connectivity index (χ2v) is 8.27. The third kappa shape index (κ3) is 3.51. The minimum absolute atomic E-state index is 0.0506. The number of anilines is 2. The molecule has 0 aliphatic carbocycles. The number of aromatic nitrogens is 3. The van der Waals surface area contributed by atoms with Crippen LogP contribution in [0.1, 0.15) is 30.3 Å². The fourth-order valence-corrected chi connectivity index (χ4v) is 4.26. The third-order valence-corrected chi connectivity index (χ3v) is 6.07. The summed E-state index contributed by atoms with van der Waals surface area (Å²) in [5, 5.41) is 10.7. The Kier molecular flexibility index (Phi) is 4.88. The first-order chi connectivity index (χ1) is 15.7. The molecule has 10 heteroatoms. The summed E-state index contributed by atoms with van der Waals surface area (Å²) in [5.41, 5.74) is 3.09. The topological polar surface area (TPSA) is 89.3 Å². The van der Waals surface area contributed by atoms with Crippen LogP contribution in [0.3, 0.4) is 0 Å². The molecule has 0 unspecified atom stereocenters. The van der Waals surface area contributed by atoms with E-state index < -0.39 is 17.7 Å². The van der Waals surface area contributed by atoms with E-state index >= 15 is 4.39 Å². The molecule has 2 amide bonds. The Balaban J connectivity index is 1.62. The summed E-state index contributed by atoms with van der Waals surface area (Å²) in [6, 6.07) is 5.75. The van der Waals surface area contributed by atoms with Gasteiger partial charge in [0.2, 0.25) is 5.91 Å². The molecule has 0 fully saturated rings. The molecule has 0 bridgehead atoms. The number of aryl methyl sites for hydroxylation is 2. The average molecular weight is 453 g/mol. The van der Waals surface area contributed by atoms with Gasteiger partial charge in [-0.25, -0.2) is 8.78 Å². The standard InChI is InChI=1S/C23H21F2N5O3/c1-11-20(29(3)28-27-11)10-30-19-9-14(7-17(25)22(19)33-12(2)23(30)32)13-6-16(24)15-4-5-21(31)26-18(15)8-13/h6-9,12H,4-5,10H2,1-3H3,(H,26,31)/t12-/m1/s1. The Morgan fingerprint density at radius 1 is 1.12 bits per heavy atom. The van der Waals surface area contributed by atoms with Crippen LogP contribution in [0.4, 0.5) is 20.2 Å². The predicted molar refractivity (Wildman–Crippen MR) is 116 cm³/mol. The maximum Gasteiger partial charge on any atom is 0.268 e. The molecule has 170 valence electrons. The lowest BCUT2D eigenvalue weighted by Crippen LogP contribution is -2.44. The van der Waals surface area contributed by atoms with E-state index in [1.54, 1.807) is 37.7 Å². The lowest BCUT2D eigenvalue weighted by Gasteiger charge is -2.33. The SMILES string of the molecule is Cc1nnn(C)c1CN1C(=O)[C@@H](C)Oc2c(F)cc(-c3cc(F)c4c(c3)NC(=O)CC4)cc21. The molecule has 2 aromatic carbocycles. The number of rotatable bonds is 3. The maximum atomic E-state index is 15.2. The number of ether oxygens (including phenoxy) is 1. The molecule has 5 rings (SSSR count). The van der Waals surface area contributed by atoms with Crippen LogP contribution in [-0.2, 0) is 29.6 Å². The predicted octanol–water partition coefficient (Wildman–Crippen LogP) is 3.27. The first-order valence-electron chi connectivity index (χ1n) is 10.5. The van der Waals surface area contributed by atoms with E-state index in [9.17, 15) is 14.0 Å². The molecule has 0 spiro atoms. The molecule has 2 aliphatic rings. The molecule has 0 radical (unpaired) electrons. The van der Waals surface area contributed by atoms with Crippen molar-refractivity contribution in [3.8, 4) is 16.9 Å². The lowest BCUT2D eigenvalue weighted by atomic mass is 9.96. The zero-order valence-electron chi connectivity index (χ0n) is 18.3. The number of amides is 2. The van der Waals surface area contributed by atoms with Gasteiger partial charge in [0.25, 0.3) is 5.91 Å². The lowest BCUT2D eigenvalue weighted by molar-refractivity contribution is -0.125. The fraction of sp³-hybridized carbons (Fsp3) is 0.304. The minimum atomic E-state index is -0.879. The Labute approximate surface area is 188 Å². The summed E-state index contributed by atoms with van der Waals surface area (Å²) in [7, 11) is 1.71. The van der Waals surface area contributed by atoms with Crippen LogP contribution < -0.4 is 15.0 Å². The second kappa shape index (κ2) is 7.65. The molecule has 33 heavy (non-hydrogen) atoms. The van der Waals surface area contributed by atoms with Gasteiger partial charge in [-0.3, -0.25) is 19.2 Å². The number of nitrogens with one attached hydrogen (secondary N) is 1. The molecule has 1 atom stereocenters. The molecular formula is C23H21F2N5O3. The first kappa shape index (κ1) is 21.0. The molecule has 3 aromatic rings. The van der Waals surface area contributed by atoms with Crippen molar-refractivity contribution in [1.29, 1.82) is 0 Å². The van der Waals surface area contributed by atoms with Crippen molar-refractivity contribution in [2.75, 3.05) is 10.2 Å². The number of halogens is 2. The van der Waals surface area contributed by atoms with Gasteiger partial charge in [0.05, 0.1) is 23.6 Å². The van der Waals surface area contributed by atoms with Gasteiger partial charge in [0.1, 0.15) is 5.82 Å². The number of hydrogen-bond acceptors (Lipinski definition) is 5. The van der Waals surface area contributed by atoms with E-state index in [4.69, 9.17) is 4.74 Å². The zero-order chi connectivity index (χ0) is 23.4. The highest BCUT2D eigenvalue weighted by atomic mass is 19.1. The van der Waals surface area contributed by atoms with E-state index in [0.29, 0.717) is 40.2 Å².